The van der Waals surface area contributed by atoms with E-state index in [0.717, 1.165) is 0 Å². The van der Waals surface area contributed by atoms with Crippen LogP contribution in [0.5, 0.6) is 5.75 Å². The molecule has 0 heterocycles. The van der Waals surface area contributed by atoms with Gasteiger partial charge < -0.3 is 29.8 Å². The van der Waals surface area contributed by atoms with Gasteiger partial charge in [-0.3, -0.25) is 4.79 Å². The van der Waals surface area contributed by atoms with Gasteiger partial charge in [-0.1, -0.05) is 0 Å². The normalized spacial score (nSPS) is 10.6. The van der Waals surface area contributed by atoms with Crippen LogP contribution in [0.15, 0.2) is 24.3 Å². The van der Waals surface area contributed by atoms with Crippen molar-refractivity contribution in [2.24, 2.45) is 5.73 Å². The van der Waals surface area contributed by atoms with Gasteiger partial charge in [0.1, 0.15) is 12.4 Å². The third-order valence-corrected chi connectivity index (χ3v) is 2.61. The van der Waals surface area contributed by atoms with Crippen LogP contribution in [0.3, 0.4) is 0 Å². The second kappa shape index (κ2) is 11.9. The van der Waals surface area contributed by atoms with Crippen molar-refractivity contribution in [2.75, 3.05) is 52.9 Å². The van der Waals surface area contributed by atoms with E-state index in [-0.39, 0.29) is 6.61 Å². The van der Waals surface area contributed by atoms with Crippen LogP contribution in [-0.2, 0) is 14.2 Å². The Morgan fingerprint density at radius 3 is 1.86 bits per heavy atom. The lowest BCUT2D eigenvalue weighted by Gasteiger charge is -2.08. The molecule has 0 radical (unpaired) electrons. The lowest BCUT2D eigenvalue weighted by atomic mass is 10.2. The lowest BCUT2D eigenvalue weighted by molar-refractivity contribution is 0.00361. The summed E-state index contributed by atoms with van der Waals surface area (Å²) in [7, 11) is 0. The average molecular weight is 313 g/mol. The van der Waals surface area contributed by atoms with Crippen molar-refractivity contribution in [1.82, 2.24) is 0 Å². The summed E-state index contributed by atoms with van der Waals surface area (Å²) >= 11 is 0. The summed E-state index contributed by atoms with van der Waals surface area (Å²) in [5.41, 5.74) is 5.59. The first kappa shape index (κ1) is 18.4. The van der Waals surface area contributed by atoms with Gasteiger partial charge in [-0.25, -0.2) is 0 Å². The zero-order valence-corrected chi connectivity index (χ0v) is 12.5. The summed E-state index contributed by atoms with van der Waals surface area (Å²) in [6.45, 7) is 3.11. The van der Waals surface area contributed by atoms with Gasteiger partial charge in [-0.2, -0.15) is 0 Å². The second-order valence-electron chi connectivity index (χ2n) is 4.30. The maximum atomic E-state index is 10.9. The van der Waals surface area contributed by atoms with Crippen molar-refractivity contribution in [1.29, 1.82) is 0 Å². The van der Waals surface area contributed by atoms with Gasteiger partial charge in [0.15, 0.2) is 0 Å². The molecule has 0 aliphatic heterocycles. The molecule has 0 aliphatic carbocycles. The maximum Gasteiger partial charge on any atom is 0.248 e. The number of hydrogen-bond acceptors (Lipinski definition) is 6. The summed E-state index contributed by atoms with van der Waals surface area (Å²) in [6.07, 6.45) is 0. The number of ether oxygens (including phenoxy) is 4. The lowest BCUT2D eigenvalue weighted by Crippen LogP contribution is -2.13. The van der Waals surface area contributed by atoms with Crippen molar-refractivity contribution in [2.45, 2.75) is 0 Å². The molecule has 0 aromatic heterocycles. The van der Waals surface area contributed by atoms with E-state index in [9.17, 15) is 4.79 Å². The number of amides is 1. The number of aliphatic hydroxyl groups is 1. The third-order valence-electron chi connectivity index (χ3n) is 2.61. The number of nitrogens with two attached hydrogens (primary N) is 1. The largest absolute Gasteiger partial charge is 0.491 e. The highest BCUT2D eigenvalue weighted by Gasteiger charge is 2.00. The van der Waals surface area contributed by atoms with Crippen LogP contribution in [-0.4, -0.2) is 63.9 Å². The number of carbonyl (C=O) groups is 1. The Morgan fingerprint density at radius 1 is 0.864 bits per heavy atom. The first-order chi connectivity index (χ1) is 10.7. The summed E-state index contributed by atoms with van der Waals surface area (Å²) in [5, 5.41) is 8.49. The molecule has 7 nitrogen and oxygen atoms in total. The van der Waals surface area contributed by atoms with E-state index in [2.05, 4.69) is 0 Å². The van der Waals surface area contributed by atoms with Crippen molar-refractivity contribution < 1.29 is 28.8 Å². The smallest absolute Gasteiger partial charge is 0.248 e. The number of hydrogen-bond donors (Lipinski definition) is 2. The molecule has 124 valence electrons. The highest BCUT2D eigenvalue weighted by Crippen LogP contribution is 2.11. The number of carbonyl (C=O) groups excluding carboxylic acids is 1. The van der Waals surface area contributed by atoms with Crippen molar-refractivity contribution in [3.8, 4) is 5.75 Å². The molecule has 1 aromatic carbocycles. The first-order valence-electron chi connectivity index (χ1n) is 7.11. The molecule has 0 spiro atoms. The van der Waals surface area contributed by atoms with Gasteiger partial charge in [0.2, 0.25) is 5.91 Å². The SMILES string of the molecule is NC(=O)c1ccc(OCCOCCOCCOCCO)cc1. The number of benzene rings is 1. The molecule has 0 bridgehead atoms. The van der Waals surface area contributed by atoms with E-state index >= 15 is 0 Å². The van der Waals surface area contributed by atoms with Gasteiger partial charge >= 0.3 is 0 Å². The van der Waals surface area contributed by atoms with E-state index in [1.165, 1.54) is 0 Å². The third kappa shape index (κ3) is 8.58. The van der Waals surface area contributed by atoms with E-state index in [1.807, 2.05) is 0 Å². The molecule has 1 amide bonds. The molecule has 0 aliphatic rings. The summed E-state index contributed by atoms with van der Waals surface area (Å²) in [6, 6.07) is 6.61. The summed E-state index contributed by atoms with van der Waals surface area (Å²) < 4.78 is 21.1. The van der Waals surface area contributed by atoms with Gasteiger partial charge in [0, 0.05) is 5.56 Å². The fraction of sp³-hybridized carbons (Fsp3) is 0.533. The van der Waals surface area contributed by atoms with Crippen LogP contribution < -0.4 is 10.5 Å². The van der Waals surface area contributed by atoms with Crippen LogP contribution in [0, 0.1) is 0 Å². The predicted molar refractivity (Wildman–Crippen MR) is 80.0 cm³/mol. The molecule has 22 heavy (non-hydrogen) atoms. The van der Waals surface area contributed by atoms with Gasteiger partial charge in [0.05, 0.1) is 46.2 Å². The monoisotopic (exact) mass is 313 g/mol. The second-order valence-corrected chi connectivity index (χ2v) is 4.30. The van der Waals surface area contributed by atoms with Gasteiger partial charge in [0.25, 0.3) is 0 Å². The Morgan fingerprint density at radius 2 is 1.36 bits per heavy atom. The Balaban J connectivity index is 1.94. The molecule has 3 N–H and O–H groups in total. The Hall–Kier alpha value is -1.67. The van der Waals surface area contributed by atoms with Crippen LogP contribution in [0.1, 0.15) is 10.4 Å². The highest BCUT2D eigenvalue weighted by molar-refractivity contribution is 5.92. The molecule has 0 unspecified atom stereocenters. The highest BCUT2D eigenvalue weighted by atomic mass is 16.6. The van der Waals surface area contributed by atoms with Crippen LogP contribution >= 0.6 is 0 Å². The zero-order chi connectivity index (χ0) is 16.0. The van der Waals surface area contributed by atoms with Crippen LogP contribution in [0.25, 0.3) is 0 Å². The molecule has 0 atom stereocenters. The van der Waals surface area contributed by atoms with Crippen molar-refractivity contribution >= 4 is 5.91 Å². The van der Waals surface area contributed by atoms with Crippen molar-refractivity contribution in [3.05, 3.63) is 29.8 Å². The maximum absolute atomic E-state index is 10.9. The molecular weight excluding hydrogens is 290 g/mol. The van der Waals surface area contributed by atoms with Gasteiger partial charge in [-0.05, 0) is 24.3 Å². The predicted octanol–water partition coefficient (Wildman–Crippen LogP) is 0.206. The standard InChI is InChI=1S/C15H23NO6/c16-15(18)13-1-3-14(4-2-13)22-12-11-21-10-9-20-8-7-19-6-5-17/h1-4,17H,5-12H2,(H2,16,18). The Kier molecular flexibility index (Phi) is 9.97. The van der Waals surface area contributed by atoms with Crippen molar-refractivity contribution in [3.63, 3.8) is 0 Å². The summed E-state index contributed by atoms with van der Waals surface area (Å²) in [4.78, 5) is 10.9. The number of rotatable bonds is 13. The fourth-order valence-electron chi connectivity index (χ4n) is 1.54. The fourth-order valence-corrected chi connectivity index (χ4v) is 1.54. The van der Waals surface area contributed by atoms with Crippen LogP contribution in [0.4, 0.5) is 0 Å². The number of aliphatic hydroxyl groups excluding tert-OH is 1. The minimum Gasteiger partial charge on any atom is -0.491 e. The minimum absolute atomic E-state index is 0.0222. The van der Waals surface area contributed by atoms with Gasteiger partial charge in [-0.15, -0.1) is 0 Å². The Bertz CT molecular complexity index is 409. The topological polar surface area (TPSA) is 100 Å². The molecule has 7 heteroatoms. The van der Waals surface area contributed by atoms with E-state index in [0.29, 0.717) is 57.6 Å². The quantitative estimate of drug-likeness (QED) is 0.505. The zero-order valence-electron chi connectivity index (χ0n) is 12.5. The molecule has 0 fully saturated rings. The van der Waals surface area contributed by atoms with E-state index in [4.69, 9.17) is 29.8 Å². The molecule has 0 saturated heterocycles. The minimum atomic E-state index is -0.461. The molecule has 1 aromatic rings. The average Bonchev–Trinajstić information content (AvgIpc) is 2.53. The molecule has 1 rings (SSSR count). The molecular formula is C15H23NO6. The van der Waals surface area contributed by atoms with E-state index < -0.39 is 5.91 Å². The van der Waals surface area contributed by atoms with E-state index in [1.54, 1.807) is 24.3 Å². The molecule has 0 saturated carbocycles. The Labute approximate surface area is 129 Å². The first-order valence-corrected chi connectivity index (χ1v) is 7.11. The van der Waals surface area contributed by atoms with Crippen LogP contribution in [0.2, 0.25) is 0 Å². The summed E-state index contributed by atoms with van der Waals surface area (Å²) in [5.74, 6) is 0.197. The number of primary amides is 1.